The van der Waals surface area contributed by atoms with Gasteiger partial charge >= 0.3 is 0 Å². The van der Waals surface area contributed by atoms with E-state index in [9.17, 15) is 8.42 Å². The Balaban J connectivity index is 1.92. The second-order valence-electron chi connectivity index (χ2n) is 4.60. The molecule has 114 valence electrons. The first-order valence-electron chi connectivity index (χ1n) is 6.34. The van der Waals surface area contributed by atoms with Crippen LogP contribution in [-0.2, 0) is 16.4 Å². The molecule has 2 N–H and O–H groups in total. The number of aromatic amines is 1. The Kier molecular flexibility index (Phi) is 5.43. The highest BCUT2D eigenvalue weighted by molar-refractivity contribution is 9.10. The van der Waals surface area contributed by atoms with Gasteiger partial charge in [-0.1, -0.05) is 11.6 Å². The monoisotopic (exact) mass is 391 g/mol. The summed E-state index contributed by atoms with van der Waals surface area (Å²) < 4.78 is 27.4. The highest BCUT2D eigenvalue weighted by Crippen LogP contribution is 2.25. The first-order chi connectivity index (χ1) is 9.90. The Morgan fingerprint density at radius 1 is 1.43 bits per heavy atom. The highest BCUT2D eigenvalue weighted by atomic mass is 79.9. The van der Waals surface area contributed by atoms with Gasteiger partial charge < -0.3 is 0 Å². The van der Waals surface area contributed by atoms with Gasteiger partial charge in [0.05, 0.1) is 16.1 Å². The van der Waals surface area contributed by atoms with Crippen molar-refractivity contribution in [2.24, 2.45) is 0 Å². The maximum Gasteiger partial charge on any atom is 0.240 e. The van der Waals surface area contributed by atoms with Crippen LogP contribution >= 0.6 is 27.5 Å². The van der Waals surface area contributed by atoms with E-state index in [0.717, 1.165) is 17.7 Å². The summed E-state index contributed by atoms with van der Waals surface area (Å²) in [6, 6.07) is 4.52. The van der Waals surface area contributed by atoms with Crippen molar-refractivity contribution in [2.45, 2.75) is 24.7 Å². The molecule has 2 rings (SSSR count). The zero-order valence-electron chi connectivity index (χ0n) is 11.4. The van der Waals surface area contributed by atoms with Gasteiger partial charge in [-0.3, -0.25) is 5.10 Å². The van der Waals surface area contributed by atoms with E-state index in [2.05, 4.69) is 30.8 Å². The van der Waals surface area contributed by atoms with Crippen LogP contribution in [0.15, 0.2) is 33.8 Å². The number of hydrogen-bond acceptors (Lipinski definition) is 3. The summed E-state index contributed by atoms with van der Waals surface area (Å²) in [6.07, 6.45) is 3.24. The number of sulfonamides is 1. The Hall–Kier alpha value is -0.890. The summed E-state index contributed by atoms with van der Waals surface area (Å²) in [5.74, 6) is 0. The molecule has 21 heavy (non-hydrogen) atoms. The molecular weight excluding hydrogens is 378 g/mol. The van der Waals surface area contributed by atoms with Gasteiger partial charge in [-0.15, -0.1) is 0 Å². The molecular formula is C13H15BrClN3O2S. The summed E-state index contributed by atoms with van der Waals surface area (Å²) >= 11 is 9.08. The third-order valence-electron chi connectivity index (χ3n) is 3.05. The smallest absolute Gasteiger partial charge is 0.240 e. The average Bonchev–Trinajstić information content (AvgIpc) is 2.83. The predicted molar refractivity (Wildman–Crippen MR) is 86.0 cm³/mol. The summed E-state index contributed by atoms with van der Waals surface area (Å²) in [4.78, 5) is 0.193. The van der Waals surface area contributed by atoms with Crippen molar-refractivity contribution in [1.29, 1.82) is 0 Å². The lowest BCUT2D eigenvalue weighted by Gasteiger charge is -2.07. The van der Waals surface area contributed by atoms with Crippen LogP contribution in [0.25, 0.3) is 0 Å². The third-order valence-corrected chi connectivity index (χ3v) is 5.72. The molecule has 8 heteroatoms. The molecule has 0 saturated heterocycles. The van der Waals surface area contributed by atoms with E-state index in [1.807, 2.05) is 6.92 Å². The molecule has 0 amide bonds. The first kappa shape index (κ1) is 16.5. The van der Waals surface area contributed by atoms with Crippen LogP contribution in [0.5, 0.6) is 0 Å². The molecule has 0 saturated carbocycles. The fourth-order valence-corrected chi connectivity index (χ4v) is 3.59. The van der Waals surface area contributed by atoms with E-state index in [0.29, 0.717) is 22.5 Å². The minimum Gasteiger partial charge on any atom is -0.283 e. The zero-order chi connectivity index (χ0) is 15.5. The van der Waals surface area contributed by atoms with Crippen LogP contribution < -0.4 is 4.72 Å². The van der Waals surface area contributed by atoms with E-state index < -0.39 is 10.0 Å². The van der Waals surface area contributed by atoms with Gasteiger partial charge in [0.1, 0.15) is 0 Å². The third kappa shape index (κ3) is 4.29. The van der Waals surface area contributed by atoms with E-state index in [1.165, 1.54) is 12.1 Å². The molecule has 0 fully saturated rings. The summed E-state index contributed by atoms with van der Waals surface area (Å²) in [6.45, 7) is 2.31. The lowest BCUT2D eigenvalue weighted by Crippen LogP contribution is -2.25. The molecule has 0 aliphatic heterocycles. The molecule has 1 heterocycles. The van der Waals surface area contributed by atoms with Gasteiger partial charge in [0.15, 0.2) is 0 Å². The number of aromatic nitrogens is 2. The number of hydrogen-bond donors (Lipinski definition) is 2. The average molecular weight is 393 g/mol. The Labute approximate surface area is 137 Å². The minimum atomic E-state index is -3.51. The predicted octanol–water partition coefficient (Wildman–Crippen LogP) is 3.05. The maximum absolute atomic E-state index is 12.1. The number of aryl methyl sites for hydroxylation is 2. The molecule has 5 nitrogen and oxygen atoms in total. The number of rotatable bonds is 6. The Morgan fingerprint density at radius 2 is 2.19 bits per heavy atom. The van der Waals surface area contributed by atoms with E-state index >= 15 is 0 Å². The molecule has 1 aromatic heterocycles. The summed E-state index contributed by atoms with van der Waals surface area (Å²) in [5, 5.41) is 7.27. The Bertz CT molecular complexity index is 731. The SMILES string of the molecule is Cc1[nH]ncc1CCCNS(=O)(=O)c1ccc(Cl)c(Br)c1. The van der Waals surface area contributed by atoms with Crippen molar-refractivity contribution >= 4 is 37.6 Å². The number of halogens is 2. The van der Waals surface area contributed by atoms with Crippen LogP contribution in [0.2, 0.25) is 5.02 Å². The zero-order valence-corrected chi connectivity index (χ0v) is 14.5. The van der Waals surface area contributed by atoms with Crippen molar-refractivity contribution in [3.05, 3.63) is 45.1 Å². The van der Waals surface area contributed by atoms with Crippen LogP contribution in [0.3, 0.4) is 0 Å². The number of H-pyrrole nitrogens is 1. The molecule has 0 unspecified atom stereocenters. The largest absolute Gasteiger partial charge is 0.283 e. The fraction of sp³-hybridized carbons (Fsp3) is 0.308. The molecule has 0 bridgehead atoms. The summed E-state index contributed by atoms with van der Waals surface area (Å²) in [7, 11) is -3.51. The minimum absolute atomic E-state index is 0.193. The second-order valence-corrected chi connectivity index (χ2v) is 7.63. The molecule has 0 spiro atoms. The standard InChI is InChI=1S/C13H15BrClN3O2S/c1-9-10(8-16-18-9)3-2-6-17-21(19,20)11-4-5-13(15)12(14)7-11/h4-5,7-8,17H,2-3,6H2,1H3,(H,16,18). The number of benzene rings is 1. The van der Waals surface area contributed by atoms with Gasteiger partial charge in [-0.05, 0) is 59.5 Å². The van der Waals surface area contributed by atoms with Crippen LogP contribution in [0.1, 0.15) is 17.7 Å². The number of nitrogens with one attached hydrogen (secondary N) is 2. The van der Waals surface area contributed by atoms with E-state index in [1.54, 1.807) is 12.3 Å². The Morgan fingerprint density at radius 3 is 2.81 bits per heavy atom. The van der Waals surface area contributed by atoms with Crippen LogP contribution in [0, 0.1) is 6.92 Å². The number of nitrogens with zero attached hydrogens (tertiary/aromatic N) is 1. The van der Waals surface area contributed by atoms with Crippen molar-refractivity contribution in [1.82, 2.24) is 14.9 Å². The van der Waals surface area contributed by atoms with Gasteiger partial charge in [0.25, 0.3) is 0 Å². The topological polar surface area (TPSA) is 74.8 Å². The van der Waals surface area contributed by atoms with Gasteiger partial charge in [-0.2, -0.15) is 5.10 Å². The van der Waals surface area contributed by atoms with Crippen molar-refractivity contribution in [3.8, 4) is 0 Å². The quantitative estimate of drug-likeness (QED) is 0.742. The molecule has 0 atom stereocenters. The molecule has 2 aromatic rings. The van der Waals surface area contributed by atoms with Crippen LogP contribution in [-0.4, -0.2) is 25.2 Å². The van der Waals surface area contributed by atoms with Crippen molar-refractivity contribution in [3.63, 3.8) is 0 Å². The van der Waals surface area contributed by atoms with E-state index in [-0.39, 0.29) is 4.90 Å². The van der Waals surface area contributed by atoms with Crippen LogP contribution in [0.4, 0.5) is 0 Å². The van der Waals surface area contributed by atoms with Gasteiger partial charge in [0, 0.05) is 16.7 Å². The van der Waals surface area contributed by atoms with Gasteiger partial charge in [0.2, 0.25) is 10.0 Å². The normalized spacial score (nSPS) is 11.8. The summed E-state index contributed by atoms with van der Waals surface area (Å²) in [5.41, 5.74) is 2.11. The molecule has 0 aliphatic rings. The lowest BCUT2D eigenvalue weighted by molar-refractivity contribution is 0.579. The van der Waals surface area contributed by atoms with Crippen molar-refractivity contribution < 1.29 is 8.42 Å². The fourth-order valence-electron chi connectivity index (χ4n) is 1.84. The molecule has 0 radical (unpaired) electrons. The van der Waals surface area contributed by atoms with Crippen molar-refractivity contribution in [2.75, 3.05) is 6.54 Å². The van der Waals surface area contributed by atoms with E-state index in [4.69, 9.17) is 11.6 Å². The van der Waals surface area contributed by atoms with Gasteiger partial charge in [-0.25, -0.2) is 13.1 Å². The maximum atomic E-state index is 12.1. The molecule has 1 aromatic carbocycles. The second kappa shape index (κ2) is 6.91. The first-order valence-corrected chi connectivity index (χ1v) is 8.99. The highest BCUT2D eigenvalue weighted by Gasteiger charge is 2.14. The molecule has 0 aliphatic carbocycles. The lowest BCUT2D eigenvalue weighted by atomic mass is 10.1.